The van der Waals surface area contributed by atoms with E-state index in [2.05, 4.69) is 55.6 Å². The van der Waals surface area contributed by atoms with Crippen LogP contribution in [0.3, 0.4) is 0 Å². The molecule has 0 amide bonds. The molecular weight excluding hydrogens is 204 g/mol. The van der Waals surface area contributed by atoms with E-state index in [1.54, 1.807) is 0 Å². The maximum Gasteiger partial charge on any atom is -0.00299 e. The molecule has 0 heteroatoms. The molecular formula is C17H14. The van der Waals surface area contributed by atoms with E-state index in [1.165, 1.54) is 27.8 Å². The van der Waals surface area contributed by atoms with Crippen LogP contribution in [0.2, 0.25) is 0 Å². The molecule has 2 aromatic carbocycles. The van der Waals surface area contributed by atoms with Crippen LogP contribution in [0.4, 0.5) is 0 Å². The van der Waals surface area contributed by atoms with E-state index < -0.39 is 0 Å². The second kappa shape index (κ2) is 3.46. The third-order valence-electron chi connectivity index (χ3n) is 3.37. The van der Waals surface area contributed by atoms with Crippen LogP contribution in [-0.2, 0) is 0 Å². The number of hydrogen-bond donors (Lipinski definition) is 0. The fourth-order valence-corrected chi connectivity index (χ4v) is 2.57. The van der Waals surface area contributed by atoms with Crippen molar-refractivity contribution in [3.05, 3.63) is 72.3 Å². The van der Waals surface area contributed by atoms with E-state index >= 15 is 0 Å². The fourth-order valence-electron chi connectivity index (χ4n) is 2.57. The van der Waals surface area contributed by atoms with E-state index in [-0.39, 0.29) is 0 Å². The largest absolute Gasteiger partial charge is 0.0955 e. The van der Waals surface area contributed by atoms with E-state index in [9.17, 15) is 0 Å². The van der Waals surface area contributed by atoms with Gasteiger partial charge in [0, 0.05) is 0 Å². The van der Waals surface area contributed by atoms with Gasteiger partial charge in [-0.2, -0.15) is 0 Å². The summed E-state index contributed by atoms with van der Waals surface area (Å²) in [6, 6.07) is 14.8. The summed E-state index contributed by atoms with van der Waals surface area (Å²) in [6.45, 7) is 10.3. The molecule has 0 radical (unpaired) electrons. The summed E-state index contributed by atoms with van der Waals surface area (Å²) in [6.07, 6.45) is 0. The Balaban J connectivity index is 2.38. The minimum absolute atomic E-state index is 1.09. The quantitative estimate of drug-likeness (QED) is 0.552. The molecule has 3 rings (SSSR count). The van der Waals surface area contributed by atoms with Gasteiger partial charge in [0.05, 0.1) is 0 Å². The molecule has 1 aliphatic rings. The summed E-state index contributed by atoms with van der Waals surface area (Å²) in [4.78, 5) is 0. The summed E-state index contributed by atoms with van der Waals surface area (Å²) < 4.78 is 0. The van der Waals surface area contributed by atoms with Gasteiger partial charge >= 0.3 is 0 Å². The molecule has 2 aromatic rings. The van der Waals surface area contributed by atoms with Crippen LogP contribution in [-0.4, -0.2) is 0 Å². The highest BCUT2D eigenvalue weighted by atomic mass is 14.3. The Hall–Kier alpha value is -2.08. The lowest BCUT2D eigenvalue weighted by Crippen LogP contribution is -1.87. The summed E-state index contributed by atoms with van der Waals surface area (Å²) >= 11 is 0. The minimum Gasteiger partial charge on any atom is -0.0955 e. The molecule has 82 valence electrons. The third-order valence-corrected chi connectivity index (χ3v) is 3.37. The summed E-state index contributed by atoms with van der Waals surface area (Å²) in [5.41, 5.74) is 8.49. The average molecular weight is 218 g/mol. The van der Waals surface area contributed by atoms with Crippen molar-refractivity contribution < 1.29 is 0 Å². The zero-order valence-corrected chi connectivity index (χ0v) is 9.96. The molecule has 0 atom stereocenters. The molecule has 0 saturated heterocycles. The van der Waals surface area contributed by atoms with Gasteiger partial charge in [-0.15, -0.1) is 0 Å². The average Bonchev–Trinajstić information content (AvgIpc) is 2.64. The zero-order chi connectivity index (χ0) is 12.0. The minimum atomic E-state index is 1.09. The van der Waals surface area contributed by atoms with E-state index in [0.717, 1.165) is 11.1 Å². The van der Waals surface area contributed by atoms with E-state index in [1.807, 2.05) is 6.92 Å². The molecule has 0 spiro atoms. The molecule has 0 N–H and O–H groups in total. The second-order valence-corrected chi connectivity index (χ2v) is 4.53. The van der Waals surface area contributed by atoms with Crippen molar-refractivity contribution >= 4 is 11.1 Å². The number of benzene rings is 2. The highest BCUT2D eigenvalue weighted by molar-refractivity contribution is 6.03. The molecule has 0 aliphatic heterocycles. The van der Waals surface area contributed by atoms with E-state index in [4.69, 9.17) is 0 Å². The van der Waals surface area contributed by atoms with Crippen LogP contribution < -0.4 is 0 Å². The first-order chi connectivity index (χ1) is 8.20. The molecule has 0 nitrogen and oxygen atoms in total. The number of hydrogen-bond acceptors (Lipinski definition) is 0. The predicted octanol–water partition coefficient (Wildman–Crippen LogP) is 4.76. The van der Waals surface area contributed by atoms with Gasteiger partial charge in [0.15, 0.2) is 0 Å². The molecule has 0 saturated carbocycles. The van der Waals surface area contributed by atoms with Gasteiger partial charge in [-0.25, -0.2) is 0 Å². The number of rotatable bonds is 1. The van der Waals surface area contributed by atoms with Crippen molar-refractivity contribution in [2.45, 2.75) is 6.92 Å². The number of fused-ring (bicyclic) bond motifs is 3. The fraction of sp³-hybridized carbons (Fsp3) is 0.0588. The van der Waals surface area contributed by atoms with Crippen molar-refractivity contribution in [2.24, 2.45) is 0 Å². The third kappa shape index (κ3) is 1.31. The predicted molar refractivity (Wildman–Crippen MR) is 74.7 cm³/mol. The summed E-state index contributed by atoms with van der Waals surface area (Å²) in [7, 11) is 0. The van der Waals surface area contributed by atoms with Crippen LogP contribution in [0, 0.1) is 0 Å². The first kappa shape index (κ1) is 10.1. The Morgan fingerprint density at radius 1 is 0.882 bits per heavy atom. The van der Waals surface area contributed by atoms with Gasteiger partial charge in [0.2, 0.25) is 0 Å². The molecule has 17 heavy (non-hydrogen) atoms. The molecule has 0 aromatic heterocycles. The van der Waals surface area contributed by atoms with E-state index in [0.29, 0.717) is 0 Å². The SMILES string of the molecule is C=C(C)c1cccc2c1C(=C)c1ccccc1-2. The Bertz CT molecular complexity index is 645. The molecule has 0 bridgehead atoms. The Morgan fingerprint density at radius 3 is 2.24 bits per heavy atom. The van der Waals surface area contributed by atoms with Crippen molar-refractivity contribution in [3.63, 3.8) is 0 Å². The smallest absolute Gasteiger partial charge is 0.00299 e. The maximum absolute atomic E-state index is 4.24. The lowest BCUT2D eigenvalue weighted by atomic mass is 9.95. The van der Waals surface area contributed by atoms with Crippen molar-refractivity contribution in [1.29, 1.82) is 0 Å². The topological polar surface area (TPSA) is 0 Å². The lowest BCUT2D eigenvalue weighted by Gasteiger charge is -2.08. The standard InChI is InChI=1S/C17H14/c1-11(2)13-9-6-10-16-15-8-5-4-7-14(15)12(3)17(13)16/h4-10H,1,3H2,2H3. The highest BCUT2D eigenvalue weighted by Gasteiger charge is 2.23. The maximum atomic E-state index is 4.24. The van der Waals surface area contributed by atoms with Crippen LogP contribution >= 0.6 is 0 Å². The molecule has 0 fully saturated rings. The van der Waals surface area contributed by atoms with Crippen LogP contribution in [0.25, 0.3) is 22.3 Å². The first-order valence-corrected chi connectivity index (χ1v) is 5.78. The lowest BCUT2D eigenvalue weighted by molar-refractivity contribution is 1.55. The number of allylic oxidation sites excluding steroid dienone is 1. The molecule has 0 heterocycles. The van der Waals surface area contributed by atoms with Crippen molar-refractivity contribution in [3.8, 4) is 11.1 Å². The summed E-state index contributed by atoms with van der Waals surface area (Å²) in [5, 5.41) is 0. The van der Waals surface area contributed by atoms with Crippen LogP contribution in [0.5, 0.6) is 0 Å². The van der Waals surface area contributed by atoms with Gasteiger partial charge in [-0.1, -0.05) is 61.2 Å². The van der Waals surface area contributed by atoms with Crippen molar-refractivity contribution in [1.82, 2.24) is 0 Å². The molecule has 1 aliphatic carbocycles. The van der Waals surface area contributed by atoms with Gasteiger partial charge < -0.3 is 0 Å². The molecule has 0 unspecified atom stereocenters. The van der Waals surface area contributed by atoms with Gasteiger partial charge in [-0.05, 0) is 40.3 Å². The highest BCUT2D eigenvalue weighted by Crippen LogP contribution is 2.45. The summed E-state index contributed by atoms with van der Waals surface area (Å²) in [5.74, 6) is 0. The Morgan fingerprint density at radius 2 is 1.53 bits per heavy atom. The second-order valence-electron chi connectivity index (χ2n) is 4.53. The Kier molecular flexibility index (Phi) is 2.05. The van der Waals surface area contributed by atoms with Gasteiger partial charge in [0.1, 0.15) is 0 Å². The van der Waals surface area contributed by atoms with Gasteiger partial charge in [0.25, 0.3) is 0 Å². The van der Waals surface area contributed by atoms with Gasteiger partial charge in [-0.3, -0.25) is 0 Å². The van der Waals surface area contributed by atoms with Crippen LogP contribution in [0.15, 0.2) is 55.6 Å². The normalized spacial score (nSPS) is 12.2. The van der Waals surface area contributed by atoms with Crippen LogP contribution in [0.1, 0.15) is 23.6 Å². The first-order valence-electron chi connectivity index (χ1n) is 5.78. The monoisotopic (exact) mass is 218 g/mol. The van der Waals surface area contributed by atoms with Crippen molar-refractivity contribution in [2.75, 3.05) is 0 Å². The Labute approximate surface area is 102 Å². The zero-order valence-electron chi connectivity index (χ0n) is 9.96.